The highest BCUT2D eigenvalue weighted by molar-refractivity contribution is 6.08. The van der Waals surface area contributed by atoms with Gasteiger partial charge >= 0.3 is 0 Å². The van der Waals surface area contributed by atoms with Crippen LogP contribution in [-0.4, -0.2) is 4.68 Å². The SMILES string of the molecule is CC(C)(C)c1ccc2c(c1)c1ccccc1n2N=O. The van der Waals surface area contributed by atoms with Crippen molar-refractivity contribution in [1.29, 1.82) is 0 Å². The van der Waals surface area contributed by atoms with Crippen LogP contribution in [0.15, 0.2) is 47.8 Å². The van der Waals surface area contributed by atoms with Gasteiger partial charge in [-0.05, 0) is 29.2 Å². The van der Waals surface area contributed by atoms with Gasteiger partial charge in [0.15, 0.2) is 0 Å². The van der Waals surface area contributed by atoms with Crippen molar-refractivity contribution in [2.45, 2.75) is 26.2 Å². The van der Waals surface area contributed by atoms with Crippen LogP contribution in [-0.2, 0) is 5.41 Å². The lowest BCUT2D eigenvalue weighted by Crippen LogP contribution is -2.10. The molecular weight excluding hydrogens is 236 g/mol. The lowest BCUT2D eigenvalue weighted by Gasteiger charge is -2.18. The van der Waals surface area contributed by atoms with Crippen molar-refractivity contribution >= 4 is 21.8 Å². The molecule has 0 spiro atoms. The summed E-state index contributed by atoms with van der Waals surface area (Å²) in [7, 11) is 0. The standard InChI is InChI=1S/C16H16N2O/c1-16(2,3)11-8-9-15-13(10-11)12-6-4-5-7-14(12)18(15)17-19/h4-10H,1-3H3. The van der Waals surface area contributed by atoms with Gasteiger partial charge in [0, 0.05) is 10.8 Å². The van der Waals surface area contributed by atoms with Gasteiger partial charge in [0.2, 0.25) is 0 Å². The fourth-order valence-corrected chi connectivity index (χ4v) is 2.51. The Bertz CT molecular complexity index is 778. The van der Waals surface area contributed by atoms with E-state index in [-0.39, 0.29) is 5.41 Å². The number of fused-ring (bicyclic) bond motifs is 3. The first-order chi connectivity index (χ1) is 9.02. The Morgan fingerprint density at radius 1 is 0.947 bits per heavy atom. The van der Waals surface area contributed by atoms with Crippen molar-refractivity contribution in [3.63, 3.8) is 0 Å². The van der Waals surface area contributed by atoms with Crippen molar-refractivity contribution in [3.05, 3.63) is 52.9 Å². The van der Waals surface area contributed by atoms with Crippen LogP contribution in [0.25, 0.3) is 21.8 Å². The topological polar surface area (TPSA) is 34.4 Å². The van der Waals surface area contributed by atoms with E-state index in [0.29, 0.717) is 0 Å². The zero-order valence-corrected chi connectivity index (χ0v) is 11.3. The minimum Gasteiger partial charge on any atom is -0.196 e. The average molecular weight is 252 g/mol. The Balaban J connectivity index is 2.46. The summed E-state index contributed by atoms with van der Waals surface area (Å²) >= 11 is 0. The van der Waals surface area contributed by atoms with Crippen LogP contribution in [0.4, 0.5) is 0 Å². The van der Waals surface area contributed by atoms with Crippen LogP contribution in [0, 0.1) is 4.91 Å². The van der Waals surface area contributed by atoms with E-state index in [1.807, 2.05) is 30.3 Å². The third-order valence-corrected chi connectivity index (χ3v) is 3.59. The Kier molecular flexibility index (Phi) is 2.45. The van der Waals surface area contributed by atoms with E-state index in [1.165, 1.54) is 10.2 Å². The molecule has 0 aliphatic carbocycles. The first-order valence-corrected chi connectivity index (χ1v) is 6.40. The molecule has 0 N–H and O–H groups in total. The van der Waals surface area contributed by atoms with Gasteiger partial charge in [-0.1, -0.05) is 45.0 Å². The molecule has 0 atom stereocenters. The fraction of sp³-hybridized carbons (Fsp3) is 0.250. The first-order valence-electron chi connectivity index (χ1n) is 6.40. The summed E-state index contributed by atoms with van der Waals surface area (Å²) in [6.07, 6.45) is 0. The number of hydrogen-bond acceptors (Lipinski definition) is 2. The second-order valence-electron chi connectivity index (χ2n) is 5.89. The molecule has 0 saturated heterocycles. The van der Waals surface area contributed by atoms with Crippen LogP contribution < -0.4 is 0 Å². The molecule has 1 heterocycles. The molecule has 0 aliphatic rings. The van der Waals surface area contributed by atoms with Gasteiger partial charge in [0.05, 0.1) is 16.3 Å². The van der Waals surface area contributed by atoms with E-state index < -0.39 is 0 Å². The molecule has 0 radical (unpaired) electrons. The van der Waals surface area contributed by atoms with Gasteiger partial charge in [-0.25, -0.2) is 0 Å². The number of hydrogen-bond donors (Lipinski definition) is 0. The summed E-state index contributed by atoms with van der Waals surface area (Å²) in [4.78, 5) is 11.1. The van der Waals surface area contributed by atoms with Crippen molar-refractivity contribution < 1.29 is 0 Å². The molecule has 2 aromatic carbocycles. The second kappa shape index (κ2) is 3.92. The maximum absolute atomic E-state index is 11.1. The van der Waals surface area contributed by atoms with Gasteiger partial charge in [0.25, 0.3) is 0 Å². The van der Waals surface area contributed by atoms with Gasteiger partial charge in [-0.2, -0.15) is 4.68 Å². The molecule has 1 aromatic heterocycles. The Labute approximate surface area is 111 Å². The number of benzene rings is 2. The summed E-state index contributed by atoms with van der Waals surface area (Å²) in [5, 5.41) is 5.30. The third-order valence-electron chi connectivity index (χ3n) is 3.59. The smallest absolute Gasteiger partial charge is 0.0764 e. The monoisotopic (exact) mass is 252 g/mol. The van der Waals surface area contributed by atoms with E-state index in [4.69, 9.17) is 0 Å². The Hall–Kier alpha value is -2.16. The van der Waals surface area contributed by atoms with Crippen molar-refractivity contribution in [2.75, 3.05) is 0 Å². The molecule has 0 fully saturated rings. The van der Waals surface area contributed by atoms with Gasteiger partial charge in [-0.15, -0.1) is 4.91 Å². The van der Waals surface area contributed by atoms with E-state index in [0.717, 1.165) is 21.8 Å². The van der Waals surface area contributed by atoms with E-state index in [1.54, 1.807) is 0 Å². The summed E-state index contributed by atoms with van der Waals surface area (Å²) in [6, 6.07) is 14.1. The number of nitroso groups, excluding NO2 is 1. The number of nitrogens with zero attached hydrogens (tertiary/aromatic N) is 2. The summed E-state index contributed by atoms with van der Waals surface area (Å²) < 4.78 is 1.47. The number of para-hydroxylation sites is 1. The minimum absolute atomic E-state index is 0.0893. The molecule has 0 unspecified atom stereocenters. The quantitative estimate of drug-likeness (QED) is 0.582. The zero-order valence-electron chi connectivity index (χ0n) is 11.3. The van der Waals surface area contributed by atoms with E-state index in [2.05, 4.69) is 38.2 Å². The maximum Gasteiger partial charge on any atom is 0.0764 e. The van der Waals surface area contributed by atoms with Crippen LogP contribution in [0.2, 0.25) is 0 Å². The highest BCUT2D eigenvalue weighted by Crippen LogP contribution is 2.32. The molecule has 3 aromatic rings. The Morgan fingerprint density at radius 2 is 1.63 bits per heavy atom. The minimum atomic E-state index is 0.0893. The molecule has 0 aliphatic heterocycles. The highest BCUT2D eigenvalue weighted by atomic mass is 16.3. The number of rotatable bonds is 1. The molecule has 0 amide bonds. The van der Waals surface area contributed by atoms with Gasteiger partial charge in [0.1, 0.15) is 0 Å². The van der Waals surface area contributed by atoms with Crippen LogP contribution in [0.5, 0.6) is 0 Å². The van der Waals surface area contributed by atoms with E-state index in [9.17, 15) is 4.91 Å². The average Bonchev–Trinajstić information content (AvgIpc) is 2.70. The molecule has 0 bridgehead atoms. The summed E-state index contributed by atoms with van der Waals surface area (Å²) in [5.74, 6) is 0. The summed E-state index contributed by atoms with van der Waals surface area (Å²) in [5.41, 5.74) is 3.07. The first kappa shape index (κ1) is 11.9. The largest absolute Gasteiger partial charge is 0.196 e. The molecule has 3 rings (SSSR count). The predicted molar refractivity (Wildman–Crippen MR) is 79.3 cm³/mol. The van der Waals surface area contributed by atoms with E-state index >= 15 is 0 Å². The van der Waals surface area contributed by atoms with Gasteiger partial charge < -0.3 is 0 Å². The maximum atomic E-state index is 11.1. The third kappa shape index (κ3) is 1.73. The normalized spacial score (nSPS) is 12.2. The fourth-order valence-electron chi connectivity index (χ4n) is 2.51. The molecular formula is C16H16N2O. The second-order valence-corrected chi connectivity index (χ2v) is 5.89. The molecule has 19 heavy (non-hydrogen) atoms. The van der Waals surface area contributed by atoms with Crippen molar-refractivity contribution in [3.8, 4) is 0 Å². The zero-order chi connectivity index (χ0) is 13.6. The highest BCUT2D eigenvalue weighted by Gasteiger charge is 2.17. The van der Waals surface area contributed by atoms with Crippen molar-refractivity contribution in [2.24, 2.45) is 5.29 Å². The number of aromatic nitrogens is 1. The lowest BCUT2D eigenvalue weighted by atomic mass is 9.86. The van der Waals surface area contributed by atoms with Crippen molar-refractivity contribution in [1.82, 2.24) is 4.68 Å². The lowest BCUT2D eigenvalue weighted by molar-refractivity contribution is 0.591. The molecule has 0 saturated carbocycles. The Morgan fingerprint density at radius 3 is 2.32 bits per heavy atom. The van der Waals surface area contributed by atoms with Crippen LogP contribution in [0.1, 0.15) is 26.3 Å². The summed E-state index contributed by atoms with van der Waals surface area (Å²) in [6.45, 7) is 6.56. The predicted octanol–water partition coefficient (Wildman–Crippen LogP) is 4.62. The van der Waals surface area contributed by atoms with Crippen LogP contribution >= 0.6 is 0 Å². The molecule has 96 valence electrons. The van der Waals surface area contributed by atoms with Crippen LogP contribution in [0.3, 0.4) is 0 Å². The molecule has 3 nitrogen and oxygen atoms in total. The van der Waals surface area contributed by atoms with Gasteiger partial charge in [-0.3, -0.25) is 0 Å². The molecule has 3 heteroatoms.